The molecule has 1 rings (SSSR count). The molecule has 0 fully saturated rings. The van der Waals surface area contributed by atoms with E-state index in [1.54, 1.807) is 7.11 Å². The second-order valence-corrected chi connectivity index (χ2v) is 5.09. The van der Waals surface area contributed by atoms with Crippen molar-refractivity contribution in [2.24, 2.45) is 0 Å². The number of hydrogen-bond acceptors (Lipinski definition) is 2. The zero-order valence-electron chi connectivity index (χ0n) is 12.2. The van der Waals surface area contributed by atoms with Crippen LogP contribution in [-0.4, -0.2) is 32.8 Å². The Balaban J connectivity index is 1.91. The first-order valence-electron chi connectivity index (χ1n) is 7.51. The average Bonchev–Trinajstić information content (AvgIpc) is 2.44. The maximum absolute atomic E-state index is 11.5. The van der Waals surface area contributed by atoms with Crippen LogP contribution in [0, 0.1) is 0 Å². The lowest BCUT2D eigenvalue weighted by molar-refractivity contribution is 0.192. The second kappa shape index (κ2) is 10.9. The zero-order valence-corrected chi connectivity index (χ0v) is 12.2. The van der Waals surface area contributed by atoms with Crippen molar-refractivity contribution in [2.75, 3.05) is 26.8 Å². The number of carbonyl (C=O) groups excluding carboxylic acids is 1. The first-order chi connectivity index (χ1) is 9.33. The highest BCUT2D eigenvalue weighted by Crippen LogP contribution is 2.19. The van der Waals surface area contributed by atoms with Crippen molar-refractivity contribution in [1.29, 1.82) is 0 Å². The van der Waals surface area contributed by atoms with Gasteiger partial charge in [-0.1, -0.05) is 11.6 Å². The van der Waals surface area contributed by atoms with E-state index < -0.39 is 0 Å². The van der Waals surface area contributed by atoms with Gasteiger partial charge in [-0.15, -0.1) is 0 Å². The molecule has 0 aliphatic heterocycles. The number of allylic oxidation sites excluding steroid dienone is 1. The first kappa shape index (κ1) is 16.0. The predicted molar refractivity (Wildman–Crippen MR) is 78.3 cm³/mol. The Morgan fingerprint density at radius 3 is 2.79 bits per heavy atom. The Kier molecular flexibility index (Phi) is 9.15. The number of urea groups is 1. The average molecular weight is 268 g/mol. The highest BCUT2D eigenvalue weighted by molar-refractivity contribution is 5.73. The molecule has 0 heterocycles. The molecule has 0 aromatic heterocycles. The topological polar surface area (TPSA) is 50.4 Å². The predicted octanol–water partition coefficient (Wildman–Crippen LogP) is 2.99. The normalized spacial score (nSPS) is 14.9. The van der Waals surface area contributed by atoms with E-state index in [0.717, 1.165) is 45.4 Å². The number of amides is 2. The number of hydrogen-bond donors (Lipinski definition) is 2. The largest absolute Gasteiger partial charge is 0.385 e. The zero-order chi connectivity index (χ0) is 13.8. The number of ether oxygens (including phenoxy) is 1. The lowest BCUT2D eigenvalue weighted by Gasteiger charge is -2.13. The van der Waals surface area contributed by atoms with Gasteiger partial charge in [0.15, 0.2) is 0 Å². The summed E-state index contributed by atoms with van der Waals surface area (Å²) in [5.41, 5.74) is 1.51. The van der Waals surface area contributed by atoms with E-state index in [9.17, 15) is 4.79 Å². The highest BCUT2D eigenvalue weighted by Gasteiger charge is 2.04. The molecule has 2 amide bonds. The monoisotopic (exact) mass is 268 g/mol. The number of methoxy groups -OCH3 is 1. The standard InChI is InChI=1S/C15H28N2O2/c1-19-13-7-3-6-11-16-15(18)17-12-10-14-8-4-2-5-9-14/h8H,2-7,9-13H2,1H3,(H2,16,17,18). The van der Waals surface area contributed by atoms with Gasteiger partial charge in [0.2, 0.25) is 0 Å². The van der Waals surface area contributed by atoms with Gasteiger partial charge in [-0.25, -0.2) is 4.79 Å². The van der Waals surface area contributed by atoms with Crippen LogP contribution < -0.4 is 10.6 Å². The smallest absolute Gasteiger partial charge is 0.314 e. The molecule has 0 spiro atoms. The van der Waals surface area contributed by atoms with Crippen molar-refractivity contribution in [3.05, 3.63) is 11.6 Å². The minimum absolute atomic E-state index is 0.0387. The molecule has 0 radical (unpaired) electrons. The molecule has 0 aromatic carbocycles. The van der Waals surface area contributed by atoms with Gasteiger partial charge in [0.05, 0.1) is 0 Å². The van der Waals surface area contributed by atoms with Crippen LogP contribution in [0.1, 0.15) is 51.4 Å². The maximum atomic E-state index is 11.5. The summed E-state index contributed by atoms with van der Waals surface area (Å²) in [5, 5.41) is 5.80. The summed E-state index contributed by atoms with van der Waals surface area (Å²) in [6.45, 7) is 2.31. The van der Waals surface area contributed by atoms with Crippen molar-refractivity contribution < 1.29 is 9.53 Å². The fraction of sp³-hybridized carbons (Fsp3) is 0.800. The molecule has 0 saturated heterocycles. The van der Waals surface area contributed by atoms with Crippen LogP contribution in [-0.2, 0) is 4.74 Å². The van der Waals surface area contributed by atoms with Crippen LogP contribution in [0.25, 0.3) is 0 Å². The molecular weight excluding hydrogens is 240 g/mol. The molecule has 0 bridgehead atoms. The fourth-order valence-electron chi connectivity index (χ4n) is 2.28. The number of rotatable bonds is 9. The van der Waals surface area contributed by atoms with Crippen LogP contribution in [0.5, 0.6) is 0 Å². The summed E-state index contributed by atoms with van der Waals surface area (Å²) < 4.78 is 4.98. The van der Waals surface area contributed by atoms with Crippen LogP contribution >= 0.6 is 0 Å². The second-order valence-electron chi connectivity index (χ2n) is 5.09. The SMILES string of the molecule is COCCCCCNC(=O)NCCC1=CCCCC1. The van der Waals surface area contributed by atoms with E-state index in [-0.39, 0.29) is 6.03 Å². The summed E-state index contributed by atoms with van der Waals surface area (Å²) in [7, 11) is 1.72. The third kappa shape index (κ3) is 8.65. The Morgan fingerprint density at radius 2 is 2.05 bits per heavy atom. The summed E-state index contributed by atoms with van der Waals surface area (Å²) >= 11 is 0. The molecule has 0 atom stereocenters. The molecule has 19 heavy (non-hydrogen) atoms. The molecular formula is C15H28N2O2. The first-order valence-corrected chi connectivity index (χ1v) is 7.51. The summed E-state index contributed by atoms with van der Waals surface area (Å²) in [4.78, 5) is 11.5. The Hall–Kier alpha value is -1.03. The van der Waals surface area contributed by atoms with E-state index in [1.807, 2.05) is 0 Å². The Morgan fingerprint density at radius 1 is 1.21 bits per heavy atom. The van der Waals surface area contributed by atoms with Gasteiger partial charge in [0.1, 0.15) is 0 Å². The lowest BCUT2D eigenvalue weighted by atomic mass is 9.97. The van der Waals surface area contributed by atoms with Gasteiger partial charge >= 0.3 is 6.03 Å². The van der Waals surface area contributed by atoms with Gasteiger partial charge in [-0.3, -0.25) is 0 Å². The van der Waals surface area contributed by atoms with Crippen molar-refractivity contribution in [1.82, 2.24) is 10.6 Å². The summed E-state index contributed by atoms with van der Waals surface area (Å²) in [5.74, 6) is 0. The molecule has 1 aliphatic rings. The maximum Gasteiger partial charge on any atom is 0.314 e. The van der Waals surface area contributed by atoms with E-state index >= 15 is 0 Å². The fourth-order valence-corrected chi connectivity index (χ4v) is 2.28. The number of nitrogens with one attached hydrogen (secondary N) is 2. The van der Waals surface area contributed by atoms with Crippen molar-refractivity contribution >= 4 is 6.03 Å². The van der Waals surface area contributed by atoms with Gasteiger partial charge in [-0.2, -0.15) is 0 Å². The van der Waals surface area contributed by atoms with E-state index in [1.165, 1.54) is 31.3 Å². The van der Waals surface area contributed by atoms with Crippen LogP contribution in [0.15, 0.2) is 11.6 Å². The Bertz CT molecular complexity index is 277. The summed E-state index contributed by atoms with van der Waals surface area (Å²) in [6, 6.07) is -0.0387. The third-order valence-electron chi connectivity index (χ3n) is 3.43. The van der Waals surface area contributed by atoms with Crippen molar-refractivity contribution in [3.8, 4) is 0 Å². The van der Waals surface area contributed by atoms with E-state index in [2.05, 4.69) is 16.7 Å². The molecule has 0 unspecified atom stereocenters. The molecule has 110 valence electrons. The van der Waals surface area contributed by atoms with Gasteiger partial charge in [0.25, 0.3) is 0 Å². The van der Waals surface area contributed by atoms with Crippen molar-refractivity contribution in [3.63, 3.8) is 0 Å². The minimum Gasteiger partial charge on any atom is -0.385 e. The van der Waals surface area contributed by atoms with Gasteiger partial charge in [-0.05, 0) is 51.4 Å². The van der Waals surface area contributed by atoms with Crippen LogP contribution in [0.2, 0.25) is 0 Å². The van der Waals surface area contributed by atoms with Crippen molar-refractivity contribution in [2.45, 2.75) is 51.4 Å². The van der Waals surface area contributed by atoms with E-state index in [0.29, 0.717) is 0 Å². The third-order valence-corrected chi connectivity index (χ3v) is 3.43. The summed E-state index contributed by atoms with van der Waals surface area (Å²) in [6.07, 6.45) is 11.6. The van der Waals surface area contributed by atoms with Crippen LogP contribution in [0.3, 0.4) is 0 Å². The quantitative estimate of drug-likeness (QED) is 0.499. The molecule has 0 aromatic rings. The molecule has 4 nitrogen and oxygen atoms in total. The molecule has 0 saturated carbocycles. The van der Waals surface area contributed by atoms with Gasteiger partial charge in [0, 0.05) is 26.8 Å². The number of carbonyl (C=O) groups is 1. The van der Waals surface area contributed by atoms with Crippen LogP contribution in [0.4, 0.5) is 4.79 Å². The molecule has 1 aliphatic carbocycles. The highest BCUT2D eigenvalue weighted by atomic mass is 16.5. The molecule has 2 N–H and O–H groups in total. The minimum atomic E-state index is -0.0387. The lowest BCUT2D eigenvalue weighted by Crippen LogP contribution is -2.36. The van der Waals surface area contributed by atoms with Gasteiger partial charge < -0.3 is 15.4 Å². The molecule has 4 heteroatoms. The number of unbranched alkanes of at least 4 members (excludes halogenated alkanes) is 2. The Labute approximate surface area is 117 Å². The van der Waals surface area contributed by atoms with E-state index in [4.69, 9.17) is 4.74 Å².